The first-order chi connectivity index (χ1) is 15.2. The Hall–Kier alpha value is -3.23. The Balaban J connectivity index is 1.59. The minimum Gasteiger partial charge on any atom is -0.399 e. The van der Waals surface area contributed by atoms with Gasteiger partial charge in [-0.25, -0.2) is 0 Å². The molecule has 0 unspecified atom stereocenters. The number of aromatic nitrogens is 3. The molecule has 2 aromatic carbocycles. The van der Waals surface area contributed by atoms with Crippen LogP contribution in [0, 0.1) is 0 Å². The fourth-order valence-corrected chi connectivity index (χ4v) is 4.18. The average molecular weight is 419 g/mol. The lowest BCUT2D eigenvalue weighted by molar-refractivity contribution is 0.122. The van der Waals surface area contributed by atoms with Crippen LogP contribution < -0.4 is 15.5 Å². The maximum atomic E-state index is 10.1. The highest BCUT2D eigenvalue weighted by Crippen LogP contribution is 2.29. The monoisotopic (exact) mass is 418 g/mol. The number of ether oxygens (including phenoxy) is 1. The summed E-state index contributed by atoms with van der Waals surface area (Å²) in [6, 6.07) is 15.8. The van der Waals surface area contributed by atoms with E-state index in [0.29, 0.717) is 43.2 Å². The number of nitrogens with two attached hydrogens (primary N) is 1. The Morgan fingerprint density at radius 1 is 0.968 bits per heavy atom. The van der Waals surface area contributed by atoms with Crippen molar-refractivity contribution in [2.45, 2.75) is 19.0 Å². The number of benzene rings is 2. The second kappa shape index (κ2) is 8.49. The number of fused-ring (bicyclic) bond motifs is 1. The second-order valence-corrected chi connectivity index (χ2v) is 7.92. The molecular weight excluding hydrogens is 392 g/mol. The summed E-state index contributed by atoms with van der Waals surface area (Å²) in [6.45, 7) is 3.42. The zero-order valence-corrected chi connectivity index (χ0v) is 17.3. The molecule has 0 saturated carbocycles. The van der Waals surface area contributed by atoms with E-state index >= 15 is 0 Å². The summed E-state index contributed by atoms with van der Waals surface area (Å²) in [5.41, 5.74) is 10.0. The number of anilines is 3. The lowest BCUT2D eigenvalue weighted by Crippen LogP contribution is -2.44. The van der Waals surface area contributed by atoms with Gasteiger partial charge in [0.05, 0.1) is 25.9 Å². The van der Waals surface area contributed by atoms with Crippen molar-refractivity contribution in [3.8, 4) is 11.4 Å². The third kappa shape index (κ3) is 4.04. The van der Waals surface area contributed by atoms with Gasteiger partial charge in [0.25, 0.3) is 0 Å². The van der Waals surface area contributed by atoms with E-state index < -0.39 is 0 Å². The van der Waals surface area contributed by atoms with Gasteiger partial charge in [0.1, 0.15) is 0 Å². The van der Waals surface area contributed by atoms with Crippen molar-refractivity contribution in [3.05, 3.63) is 59.7 Å². The molecule has 1 saturated heterocycles. The quantitative estimate of drug-likeness (QED) is 0.620. The van der Waals surface area contributed by atoms with Crippen molar-refractivity contribution >= 4 is 17.6 Å². The van der Waals surface area contributed by atoms with Crippen LogP contribution in [0.2, 0.25) is 0 Å². The third-order valence-corrected chi connectivity index (χ3v) is 5.87. The van der Waals surface area contributed by atoms with Gasteiger partial charge in [0.2, 0.25) is 11.9 Å². The lowest BCUT2D eigenvalue weighted by Gasteiger charge is -2.36. The predicted octanol–water partition coefficient (Wildman–Crippen LogP) is 1.88. The molecule has 0 radical (unpaired) electrons. The topological polar surface area (TPSA) is 101 Å². The van der Waals surface area contributed by atoms with E-state index in [0.717, 1.165) is 25.1 Å². The molecule has 5 rings (SSSR count). The van der Waals surface area contributed by atoms with Crippen molar-refractivity contribution in [2.75, 3.05) is 48.4 Å². The average Bonchev–Trinajstić information content (AvgIpc) is 2.83. The van der Waals surface area contributed by atoms with E-state index in [1.54, 1.807) is 0 Å². The smallest absolute Gasteiger partial charge is 0.231 e. The molecule has 160 valence electrons. The molecule has 1 aromatic heterocycles. The van der Waals surface area contributed by atoms with Gasteiger partial charge in [0, 0.05) is 30.9 Å². The molecule has 1 atom stereocenters. The van der Waals surface area contributed by atoms with Crippen molar-refractivity contribution in [1.82, 2.24) is 15.0 Å². The molecule has 0 spiro atoms. The van der Waals surface area contributed by atoms with Crippen LogP contribution in [0.15, 0.2) is 48.5 Å². The van der Waals surface area contributed by atoms with Gasteiger partial charge in [0.15, 0.2) is 5.82 Å². The van der Waals surface area contributed by atoms with Crippen LogP contribution >= 0.6 is 0 Å². The first kappa shape index (κ1) is 19.7. The minimum absolute atomic E-state index is 0.0283. The molecule has 8 nitrogen and oxygen atoms in total. The van der Waals surface area contributed by atoms with Crippen LogP contribution in [-0.2, 0) is 17.7 Å². The Kier molecular flexibility index (Phi) is 5.40. The van der Waals surface area contributed by atoms with Gasteiger partial charge < -0.3 is 25.4 Å². The molecule has 8 heteroatoms. The highest BCUT2D eigenvalue weighted by atomic mass is 16.5. The summed E-state index contributed by atoms with van der Waals surface area (Å²) in [5, 5.41) is 10.1. The zero-order valence-electron chi connectivity index (χ0n) is 17.3. The van der Waals surface area contributed by atoms with Crippen LogP contribution in [0.5, 0.6) is 0 Å². The molecule has 2 aliphatic rings. The van der Waals surface area contributed by atoms with E-state index in [9.17, 15) is 5.11 Å². The second-order valence-electron chi connectivity index (χ2n) is 7.92. The Labute approximate surface area is 181 Å². The van der Waals surface area contributed by atoms with Gasteiger partial charge >= 0.3 is 0 Å². The number of aliphatic hydroxyl groups excluding tert-OH is 1. The molecule has 0 amide bonds. The molecule has 31 heavy (non-hydrogen) atoms. The fraction of sp³-hybridized carbons (Fsp3) is 0.348. The summed E-state index contributed by atoms with van der Waals surface area (Å²) >= 11 is 0. The molecule has 2 aliphatic heterocycles. The van der Waals surface area contributed by atoms with E-state index in [2.05, 4.69) is 21.9 Å². The van der Waals surface area contributed by atoms with Gasteiger partial charge in [-0.2, -0.15) is 15.0 Å². The molecule has 1 fully saturated rings. The fourth-order valence-electron chi connectivity index (χ4n) is 4.18. The molecular formula is C23H26N6O2. The van der Waals surface area contributed by atoms with Crippen molar-refractivity contribution in [2.24, 2.45) is 0 Å². The summed E-state index contributed by atoms with van der Waals surface area (Å²) < 4.78 is 5.50. The first-order valence-corrected chi connectivity index (χ1v) is 10.6. The number of aliphatic hydroxyl groups is 1. The van der Waals surface area contributed by atoms with Crippen LogP contribution in [0.3, 0.4) is 0 Å². The third-order valence-electron chi connectivity index (χ3n) is 5.87. The molecule has 3 aromatic rings. The minimum atomic E-state index is -0.0940. The van der Waals surface area contributed by atoms with Crippen LogP contribution in [-0.4, -0.2) is 59.0 Å². The Morgan fingerprint density at radius 3 is 2.52 bits per heavy atom. The number of hydrogen-bond donors (Lipinski definition) is 2. The molecule has 0 bridgehead atoms. The maximum absolute atomic E-state index is 10.1. The Morgan fingerprint density at radius 2 is 1.74 bits per heavy atom. The Bertz CT molecular complexity index is 1070. The van der Waals surface area contributed by atoms with E-state index in [-0.39, 0.29) is 12.6 Å². The van der Waals surface area contributed by atoms with E-state index in [1.165, 1.54) is 11.1 Å². The van der Waals surface area contributed by atoms with E-state index in [1.807, 2.05) is 36.4 Å². The zero-order chi connectivity index (χ0) is 21.2. The standard InChI is InChI=1S/C23H26N6O2/c24-19-7-3-6-17(12-19)21-25-22(28-8-10-31-11-9-28)27-23(26-21)29-14-18-5-2-1-4-16(18)13-20(29)15-30/h1-7,12,20,30H,8-11,13-15,24H2/t20-/m0/s1. The number of rotatable bonds is 4. The number of hydrogen-bond acceptors (Lipinski definition) is 8. The molecule has 3 N–H and O–H groups in total. The maximum Gasteiger partial charge on any atom is 0.231 e. The first-order valence-electron chi connectivity index (χ1n) is 10.6. The van der Waals surface area contributed by atoms with Crippen LogP contribution in [0.4, 0.5) is 17.6 Å². The van der Waals surface area contributed by atoms with Crippen molar-refractivity contribution in [1.29, 1.82) is 0 Å². The van der Waals surface area contributed by atoms with Crippen LogP contribution in [0.25, 0.3) is 11.4 Å². The van der Waals surface area contributed by atoms with Gasteiger partial charge in [-0.3, -0.25) is 0 Å². The van der Waals surface area contributed by atoms with Crippen LogP contribution in [0.1, 0.15) is 11.1 Å². The van der Waals surface area contributed by atoms with Gasteiger partial charge in [-0.05, 0) is 29.7 Å². The number of morpholine rings is 1. The largest absolute Gasteiger partial charge is 0.399 e. The van der Waals surface area contributed by atoms with Gasteiger partial charge in [-0.1, -0.05) is 36.4 Å². The van der Waals surface area contributed by atoms with Crippen molar-refractivity contribution < 1.29 is 9.84 Å². The highest BCUT2D eigenvalue weighted by molar-refractivity contribution is 5.63. The SMILES string of the molecule is Nc1cccc(-c2nc(N3CCOCC3)nc(N3Cc4ccccc4C[C@H]3CO)n2)c1. The molecule has 0 aliphatic carbocycles. The van der Waals surface area contributed by atoms with Gasteiger partial charge in [-0.15, -0.1) is 0 Å². The summed E-state index contributed by atoms with van der Waals surface area (Å²) in [5.74, 6) is 1.78. The summed E-state index contributed by atoms with van der Waals surface area (Å²) in [7, 11) is 0. The summed E-state index contributed by atoms with van der Waals surface area (Å²) in [4.78, 5) is 18.6. The normalized spacial score (nSPS) is 18.7. The lowest BCUT2D eigenvalue weighted by atomic mass is 9.94. The van der Waals surface area contributed by atoms with Crippen molar-refractivity contribution in [3.63, 3.8) is 0 Å². The summed E-state index contributed by atoms with van der Waals surface area (Å²) in [6.07, 6.45) is 0.749. The number of nitrogen functional groups attached to an aromatic ring is 1. The molecule has 3 heterocycles. The highest BCUT2D eigenvalue weighted by Gasteiger charge is 2.29. The number of nitrogens with zero attached hydrogens (tertiary/aromatic N) is 5. The van der Waals surface area contributed by atoms with E-state index in [4.69, 9.17) is 25.4 Å². The predicted molar refractivity (Wildman–Crippen MR) is 120 cm³/mol.